The Morgan fingerprint density at radius 3 is 2.71 bits per heavy atom. The van der Waals surface area contributed by atoms with Gasteiger partial charge in [0.2, 0.25) is 0 Å². The molecule has 0 spiro atoms. The third-order valence-corrected chi connectivity index (χ3v) is 3.35. The second kappa shape index (κ2) is 4.17. The molecule has 0 aliphatic heterocycles. The summed E-state index contributed by atoms with van der Waals surface area (Å²) < 4.78 is 2.16. The van der Waals surface area contributed by atoms with E-state index in [1.54, 1.807) is 6.07 Å². The summed E-state index contributed by atoms with van der Waals surface area (Å²) in [6, 6.07) is 5.55. The van der Waals surface area contributed by atoms with Gasteiger partial charge in [0.25, 0.3) is 0 Å². The molecule has 0 radical (unpaired) electrons. The maximum absolute atomic E-state index is 10.6. The summed E-state index contributed by atoms with van der Waals surface area (Å²) in [5.74, 6) is 0. The molecule has 88 valence electrons. The number of nitrogens with zero attached hydrogens (tertiary/aromatic N) is 2. The molecule has 0 aliphatic carbocycles. The molecule has 0 N–H and O–H groups in total. The van der Waals surface area contributed by atoms with Crippen LogP contribution >= 0.6 is 0 Å². The fourth-order valence-corrected chi connectivity index (χ4v) is 2.37. The quantitative estimate of drug-likeness (QED) is 0.705. The fourth-order valence-electron chi connectivity index (χ4n) is 2.37. The Labute approximate surface area is 101 Å². The summed E-state index contributed by atoms with van der Waals surface area (Å²) in [4.78, 5) is 10.6. The Morgan fingerprint density at radius 1 is 1.41 bits per heavy atom. The van der Waals surface area contributed by atoms with E-state index >= 15 is 0 Å². The highest BCUT2D eigenvalue weighted by molar-refractivity contribution is 5.91. The van der Waals surface area contributed by atoms with Gasteiger partial charge in [-0.25, -0.2) is 0 Å². The fraction of sp³-hybridized carbons (Fsp3) is 0.286. The van der Waals surface area contributed by atoms with E-state index in [9.17, 15) is 4.91 Å². The van der Waals surface area contributed by atoms with Crippen molar-refractivity contribution < 1.29 is 0 Å². The van der Waals surface area contributed by atoms with Gasteiger partial charge in [0, 0.05) is 23.6 Å². The Morgan fingerprint density at radius 2 is 2.12 bits per heavy atom. The van der Waals surface area contributed by atoms with Crippen molar-refractivity contribution >= 4 is 22.2 Å². The summed E-state index contributed by atoms with van der Waals surface area (Å²) in [5.41, 5.74) is 5.26. The topological polar surface area (TPSA) is 34.4 Å². The molecule has 0 saturated carbocycles. The molecule has 3 nitrogen and oxygen atoms in total. The largest absolute Gasteiger partial charge is 0.344 e. The van der Waals surface area contributed by atoms with Crippen molar-refractivity contribution in [1.82, 2.24) is 4.57 Å². The lowest BCUT2D eigenvalue weighted by Crippen LogP contribution is -1.94. The minimum atomic E-state index is 0.482. The normalized spacial score (nSPS) is 12.1. The molecule has 0 fully saturated rings. The maximum Gasteiger partial charge on any atom is 0.108 e. The molecule has 0 amide bonds. The number of allylic oxidation sites excluding steroid dienone is 2. The van der Waals surface area contributed by atoms with Gasteiger partial charge in [-0.05, 0) is 55.3 Å². The van der Waals surface area contributed by atoms with Crippen LogP contribution in [0.5, 0.6) is 0 Å². The van der Waals surface area contributed by atoms with Crippen molar-refractivity contribution in [1.29, 1.82) is 0 Å². The van der Waals surface area contributed by atoms with Gasteiger partial charge in [-0.2, -0.15) is 0 Å². The third kappa shape index (κ3) is 1.68. The second-order valence-corrected chi connectivity index (χ2v) is 4.30. The van der Waals surface area contributed by atoms with Gasteiger partial charge in [0.1, 0.15) is 5.69 Å². The number of rotatable bonds is 2. The van der Waals surface area contributed by atoms with E-state index in [0.717, 1.165) is 10.9 Å². The molecule has 1 aromatic heterocycles. The first kappa shape index (κ1) is 11.6. The van der Waals surface area contributed by atoms with E-state index in [2.05, 4.69) is 29.7 Å². The molecular weight excluding hydrogens is 212 g/mol. The van der Waals surface area contributed by atoms with E-state index in [0.29, 0.717) is 5.69 Å². The standard InChI is InChI=1S/C14H16N2O/c1-5-9(2)14-10(3)12-8-11(15-17)6-7-13(12)16(14)4/h5-8H,1-4H3/b9-5+. The van der Waals surface area contributed by atoms with Crippen LogP contribution in [0, 0.1) is 11.8 Å². The van der Waals surface area contributed by atoms with Crippen LogP contribution in [-0.2, 0) is 7.05 Å². The molecule has 1 aromatic carbocycles. The van der Waals surface area contributed by atoms with E-state index in [1.165, 1.54) is 16.8 Å². The van der Waals surface area contributed by atoms with Gasteiger partial charge in [-0.1, -0.05) is 6.08 Å². The molecule has 0 aliphatic rings. The maximum atomic E-state index is 10.6. The van der Waals surface area contributed by atoms with Gasteiger partial charge in [0.05, 0.1) is 0 Å². The first-order valence-corrected chi connectivity index (χ1v) is 5.65. The van der Waals surface area contributed by atoms with Crippen LogP contribution in [0.4, 0.5) is 5.69 Å². The highest BCUT2D eigenvalue weighted by Gasteiger charge is 2.12. The van der Waals surface area contributed by atoms with Crippen molar-refractivity contribution in [3.05, 3.63) is 40.4 Å². The number of aryl methyl sites for hydroxylation is 2. The molecule has 0 saturated heterocycles. The van der Waals surface area contributed by atoms with Crippen LogP contribution in [0.3, 0.4) is 0 Å². The molecule has 3 heteroatoms. The first-order chi connectivity index (χ1) is 8.10. The summed E-state index contributed by atoms with van der Waals surface area (Å²) in [5, 5.41) is 4.09. The molecule has 0 unspecified atom stereocenters. The Kier molecular flexibility index (Phi) is 2.84. The predicted octanol–water partition coefficient (Wildman–Crippen LogP) is 4.31. The summed E-state index contributed by atoms with van der Waals surface area (Å²) in [6.07, 6.45) is 2.10. The zero-order chi connectivity index (χ0) is 12.6. The smallest absolute Gasteiger partial charge is 0.108 e. The van der Waals surface area contributed by atoms with Crippen LogP contribution in [0.1, 0.15) is 25.1 Å². The summed E-state index contributed by atoms with van der Waals surface area (Å²) in [7, 11) is 2.05. The van der Waals surface area contributed by atoms with Crippen molar-refractivity contribution in [3.63, 3.8) is 0 Å². The molecule has 1 heterocycles. The Bertz CT molecular complexity index is 621. The van der Waals surface area contributed by atoms with Crippen molar-refractivity contribution in [3.8, 4) is 0 Å². The third-order valence-electron chi connectivity index (χ3n) is 3.35. The van der Waals surface area contributed by atoms with Gasteiger partial charge >= 0.3 is 0 Å². The zero-order valence-corrected chi connectivity index (χ0v) is 10.6. The lowest BCUT2D eigenvalue weighted by atomic mass is 10.1. The highest BCUT2D eigenvalue weighted by Crippen LogP contribution is 2.31. The van der Waals surface area contributed by atoms with Crippen LogP contribution in [0.25, 0.3) is 16.5 Å². The van der Waals surface area contributed by atoms with Crippen LogP contribution < -0.4 is 0 Å². The number of hydrogen-bond acceptors (Lipinski definition) is 2. The SMILES string of the molecule is C/C=C(\C)c1c(C)c2cc(N=O)ccc2n1C. The van der Waals surface area contributed by atoms with Crippen LogP contribution in [0.15, 0.2) is 29.5 Å². The summed E-state index contributed by atoms with van der Waals surface area (Å²) in [6.45, 7) is 6.21. The lowest BCUT2D eigenvalue weighted by molar-refractivity contribution is 0.940. The highest BCUT2D eigenvalue weighted by atomic mass is 16.3. The summed E-state index contributed by atoms with van der Waals surface area (Å²) >= 11 is 0. The predicted molar refractivity (Wildman–Crippen MR) is 72.4 cm³/mol. The Balaban J connectivity index is 2.85. The molecular formula is C14H16N2O. The van der Waals surface area contributed by atoms with Crippen molar-refractivity contribution in [2.75, 3.05) is 0 Å². The monoisotopic (exact) mass is 228 g/mol. The number of nitroso groups, excluding NO2 is 1. The van der Waals surface area contributed by atoms with Gasteiger partial charge in [-0.15, -0.1) is 4.91 Å². The van der Waals surface area contributed by atoms with Gasteiger partial charge in [-0.3, -0.25) is 0 Å². The first-order valence-electron chi connectivity index (χ1n) is 5.65. The lowest BCUT2D eigenvalue weighted by Gasteiger charge is -2.05. The number of fused-ring (bicyclic) bond motifs is 1. The molecule has 2 aromatic rings. The van der Waals surface area contributed by atoms with E-state index in [1.807, 2.05) is 26.1 Å². The average Bonchev–Trinajstić information content (AvgIpc) is 2.60. The zero-order valence-electron chi connectivity index (χ0n) is 10.6. The minimum Gasteiger partial charge on any atom is -0.344 e. The van der Waals surface area contributed by atoms with E-state index in [-0.39, 0.29) is 0 Å². The average molecular weight is 228 g/mol. The number of aromatic nitrogens is 1. The Hall–Kier alpha value is -1.90. The van der Waals surface area contributed by atoms with Crippen molar-refractivity contribution in [2.45, 2.75) is 20.8 Å². The van der Waals surface area contributed by atoms with Crippen molar-refractivity contribution in [2.24, 2.45) is 12.2 Å². The van der Waals surface area contributed by atoms with Crippen LogP contribution in [-0.4, -0.2) is 4.57 Å². The van der Waals surface area contributed by atoms with E-state index < -0.39 is 0 Å². The molecule has 0 atom stereocenters. The number of hydrogen-bond donors (Lipinski definition) is 0. The minimum absolute atomic E-state index is 0.482. The molecule has 17 heavy (non-hydrogen) atoms. The number of benzene rings is 1. The molecule has 0 bridgehead atoms. The van der Waals surface area contributed by atoms with Gasteiger partial charge < -0.3 is 4.57 Å². The van der Waals surface area contributed by atoms with Gasteiger partial charge in [0.15, 0.2) is 0 Å². The van der Waals surface area contributed by atoms with E-state index in [4.69, 9.17) is 0 Å². The second-order valence-electron chi connectivity index (χ2n) is 4.30. The van der Waals surface area contributed by atoms with Crippen LogP contribution in [0.2, 0.25) is 0 Å². The molecule has 2 rings (SSSR count).